The molecule has 3 atom stereocenters. The molecular weight excluding hydrogens is 512 g/mol. The largest absolute Gasteiger partial charge is 0.414 e. The van der Waals surface area contributed by atoms with Crippen LogP contribution in [0, 0.1) is 23.1 Å². The summed E-state index contributed by atoms with van der Waals surface area (Å²) >= 11 is 0.941. The minimum atomic E-state index is -4.93. The van der Waals surface area contributed by atoms with Gasteiger partial charge in [0.2, 0.25) is 5.91 Å². The number of amides is 2. The Bertz CT molecular complexity index is 1330. The number of aromatic nitrogens is 1. The molecule has 0 spiro atoms. The Morgan fingerprint density at radius 1 is 1.24 bits per heavy atom. The van der Waals surface area contributed by atoms with Crippen LogP contribution in [-0.4, -0.2) is 66.3 Å². The monoisotopic (exact) mass is 534 g/mol. The summed E-state index contributed by atoms with van der Waals surface area (Å²) in [5.74, 6) is -4.72. The maximum Gasteiger partial charge on any atom is 0.414 e. The number of hydrogen-bond acceptors (Lipinski definition) is 7. The number of aliphatic imine (C=N–C) groups is 1. The Labute approximate surface area is 213 Å². The van der Waals surface area contributed by atoms with Gasteiger partial charge in [0.25, 0.3) is 5.91 Å². The standard InChI is InChI=1S/C24H22F4N6O2S/c1-12-10-34(11-13(2)33(12)3)20-6-18(25)15(23-31-8-14(7-29)37-23)4-19(20)32-22(36)16-9-30-21(35)5-17(16)24(26,27)28/h4-6,8-9,12-13,16H,10-11H2,1-3H3,(H,32,36)/t12-,13+,16?. The van der Waals surface area contributed by atoms with E-state index in [9.17, 15) is 22.8 Å². The van der Waals surface area contributed by atoms with E-state index in [2.05, 4.69) is 20.2 Å². The number of halogens is 4. The van der Waals surface area contributed by atoms with E-state index in [1.165, 1.54) is 18.3 Å². The fourth-order valence-electron chi connectivity index (χ4n) is 4.31. The maximum absolute atomic E-state index is 15.3. The minimum Gasteiger partial charge on any atom is -0.367 e. The van der Waals surface area contributed by atoms with Gasteiger partial charge in [-0.2, -0.15) is 18.4 Å². The van der Waals surface area contributed by atoms with Crippen molar-refractivity contribution in [2.75, 3.05) is 30.4 Å². The molecule has 2 aliphatic heterocycles. The summed E-state index contributed by atoms with van der Waals surface area (Å²) in [4.78, 5) is 36.2. The SMILES string of the molecule is C[C@@H]1CN(c2cc(F)c(-c3ncc(C#N)s3)cc2NC(=O)C2C=NC(=O)C=C2C(F)(F)F)C[C@H](C)N1C. The lowest BCUT2D eigenvalue weighted by atomic mass is 9.95. The summed E-state index contributed by atoms with van der Waals surface area (Å²) in [6, 6.07) is 4.58. The highest BCUT2D eigenvalue weighted by Gasteiger charge is 2.43. The molecule has 1 unspecified atom stereocenters. The zero-order chi connectivity index (χ0) is 27.1. The third-order valence-electron chi connectivity index (χ3n) is 6.46. The zero-order valence-corrected chi connectivity index (χ0v) is 20.8. The number of nitrogens with zero attached hydrogens (tertiary/aromatic N) is 5. The van der Waals surface area contributed by atoms with Crippen molar-refractivity contribution in [1.29, 1.82) is 5.26 Å². The van der Waals surface area contributed by atoms with Gasteiger partial charge < -0.3 is 10.2 Å². The van der Waals surface area contributed by atoms with Crippen LogP contribution in [0.25, 0.3) is 10.6 Å². The first-order valence-electron chi connectivity index (χ1n) is 11.2. The lowest BCUT2D eigenvalue weighted by Gasteiger charge is -2.44. The summed E-state index contributed by atoms with van der Waals surface area (Å²) in [5, 5.41) is 11.8. The smallest absolute Gasteiger partial charge is 0.367 e. The second-order valence-corrected chi connectivity index (χ2v) is 9.97. The fraction of sp³-hybridized carbons (Fsp3) is 0.375. The summed E-state index contributed by atoms with van der Waals surface area (Å²) in [6.45, 7) is 4.93. The molecule has 2 aliphatic rings. The third kappa shape index (κ3) is 5.40. The van der Waals surface area contributed by atoms with Crippen molar-refractivity contribution in [2.45, 2.75) is 32.1 Å². The Balaban J connectivity index is 1.76. The highest BCUT2D eigenvalue weighted by atomic mass is 32.1. The molecule has 13 heteroatoms. The van der Waals surface area contributed by atoms with Crippen LogP contribution in [0.3, 0.4) is 0 Å². The van der Waals surface area contributed by atoms with Gasteiger partial charge in [-0.1, -0.05) is 0 Å². The number of anilines is 2. The van der Waals surface area contributed by atoms with Crippen LogP contribution in [0.4, 0.5) is 28.9 Å². The summed E-state index contributed by atoms with van der Waals surface area (Å²) in [6.07, 6.45) is -2.70. The molecule has 1 saturated heterocycles. The van der Waals surface area contributed by atoms with Gasteiger partial charge in [0, 0.05) is 49.1 Å². The summed E-state index contributed by atoms with van der Waals surface area (Å²) in [7, 11) is 1.96. The van der Waals surface area contributed by atoms with Gasteiger partial charge in [0.15, 0.2) is 0 Å². The van der Waals surface area contributed by atoms with Crippen LogP contribution < -0.4 is 10.2 Å². The topological polar surface area (TPSA) is 102 Å². The second-order valence-electron chi connectivity index (χ2n) is 8.94. The van der Waals surface area contributed by atoms with Crippen molar-refractivity contribution in [3.05, 3.63) is 40.7 Å². The van der Waals surface area contributed by atoms with Gasteiger partial charge in [0.05, 0.1) is 23.1 Å². The quantitative estimate of drug-likeness (QED) is 0.595. The number of carbonyl (C=O) groups is 2. The van der Waals surface area contributed by atoms with Crippen LogP contribution in [0.15, 0.2) is 35.0 Å². The van der Waals surface area contributed by atoms with Crippen LogP contribution in [0.2, 0.25) is 0 Å². The van der Waals surface area contributed by atoms with Crippen LogP contribution >= 0.6 is 11.3 Å². The van der Waals surface area contributed by atoms with Crippen LogP contribution in [0.1, 0.15) is 18.7 Å². The molecule has 2 amide bonds. The lowest BCUT2D eigenvalue weighted by Crippen LogP contribution is -2.55. The second kappa shape index (κ2) is 10.0. The first-order valence-corrected chi connectivity index (χ1v) is 12.0. The van der Waals surface area contributed by atoms with Gasteiger partial charge in [-0.05, 0) is 27.0 Å². The van der Waals surface area contributed by atoms with Crippen molar-refractivity contribution in [1.82, 2.24) is 9.88 Å². The molecule has 37 heavy (non-hydrogen) atoms. The zero-order valence-electron chi connectivity index (χ0n) is 20.0. The predicted octanol–water partition coefficient (Wildman–Crippen LogP) is 4.00. The average molecular weight is 535 g/mol. The van der Waals surface area contributed by atoms with E-state index < -0.39 is 35.3 Å². The Morgan fingerprint density at radius 2 is 1.92 bits per heavy atom. The van der Waals surface area contributed by atoms with E-state index in [1.807, 2.05) is 31.9 Å². The van der Waals surface area contributed by atoms with E-state index in [0.29, 0.717) is 31.1 Å². The van der Waals surface area contributed by atoms with Crippen molar-refractivity contribution in [3.8, 4) is 16.6 Å². The van der Waals surface area contributed by atoms with E-state index in [4.69, 9.17) is 5.26 Å². The molecule has 0 radical (unpaired) electrons. The van der Waals surface area contributed by atoms with Gasteiger partial charge in [-0.3, -0.25) is 14.5 Å². The summed E-state index contributed by atoms with van der Waals surface area (Å²) in [5.41, 5.74) is -0.986. The van der Waals surface area contributed by atoms with Crippen molar-refractivity contribution >= 4 is 40.7 Å². The molecule has 1 aromatic carbocycles. The lowest BCUT2D eigenvalue weighted by molar-refractivity contribution is -0.124. The number of hydrogen-bond donors (Lipinski definition) is 1. The van der Waals surface area contributed by atoms with Gasteiger partial charge >= 0.3 is 6.18 Å². The van der Waals surface area contributed by atoms with Crippen molar-refractivity contribution in [3.63, 3.8) is 0 Å². The van der Waals surface area contributed by atoms with E-state index in [-0.39, 0.29) is 33.2 Å². The minimum absolute atomic E-state index is 0.0140. The van der Waals surface area contributed by atoms with E-state index >= 15 is 4.39 Å². The highest BCUT2D eigenvalue weighted by Crippen LogP contribution is 2.38. The number of nitriles is 1. The van der Waals surface area contributed by atoms with Crippen LogP contribution in [0.5, 0.6) is 0 Å². The Morgan fingerprint density at radius 3 is 2.51 bits per heavy atom. The highest BCUT2D eigenvalue weighted by molar-refractivity contribution is 7.15. The molecule has 2 aromatic rings. The number of carbonyl (C=O) groups excluding carboxylic acids is 2. The Kier molecular flexibility index (Phi) is 7.16. The first kappa shape index (κ1) is 26.4. The average Bonchev–Trinajstić information content (AvgIpc) is 3.31. The number of dihydropyridines is 1. The number of thiazole rings is 1. The number of piperazine rings is 1. The first-order chi connectivity index (χ1) is 17.4. The number of likely N-dealkylation sites (N-methyl/N-ethyl adjacent to an activating group) is 1. The van der Waals surface area contributed by atoms with Gasteiger partial charge in [-0.15, -0.1) is 11.3 Å². The molecule has 3 heterocycles. The Hall–Kier alpha value is -3.63. The molecule has 1 aromatic heterocycles. The van der Waals surface area contributed by atoms with Crippen molar-refractivity contribution in [2.24, 2.45) is 10.9 Å². The molecule has 1 fully saturated rings. The van der Waals surface area contributed by atoms with E-state index in [0.717, 1.165) is 11.3 Å². The molecule has 8 nitrogen and oxygen atoms in total. The van der Waals surface area contributed by atoms with Crippen molar-refractivity contribution < 1.29 is 27.2 Å². The number of benzene rings is 1. The molecule has 0 bridgehead atoms. The molecule has 0 saturated carbocycles. The molecule has 194 valence electrons. The molecule has 0 aliphatic carbocycles. The number of nitrogens with one attached hydrogen (secondary N) is 1. The third-order valence-corrected chi connectivity index (χ3v) is 7.40. The number of alkyl halides is 3. The maximum atomic E-state index is 15.3. The summed E-state index contributed by atoms with van der Waals surface area (Å²) < 4.78 is 56.0. The predicted molar refractivity (Wildman–Crippen MR) is 131 cm³/mol. The molecular formula is C24H22F4N6O2S. The van der Waals surface area contributed by atoms with Gasteiger partial charge in [-0.25, -0.2) is 14.4 Å². The van der Waals surface area contributed by atoms with Crippen LogP contribution in [-0.2, 0) is 9.59 Å². The fourth-order valence-corrected chi connectivity index (χ4v) is 5.04. The van der Waals surface area contributed by atoms with Gasteiger partial charge in [0.1, 0.15) is 27.7 Å². The normalized spacial score (nSPS) is 22.5. The number of rotatable bonds is 4. The molecule has 4 rings (SSSR count). The molecule has 1 N–H and O–H groups in total. The van der Waals surface area contributed by atoms with E-state index in [1.54, 1.807) is 0 Å².